The molecular formula is C23H32N4OS. The van der Waals surface area contributed by atoms with Crippen LogP contribution in [0, 0.1) is 0 Å². The largest absolute Gasteiger partial charge is 0.352 e. The molecule has 1 N–H and O–H groups in total. The standard InChI is InChI=1S/C23H32N4OS/c1-6-15-27-20(17-11-13-18(14-12-17)23(3,4)5)25-26-22(27)29-16(2)21(28)24-19-9-7-8-10-19/h6,11-14,16,19H,1,7-10,15H2,2-5H3,(H,24,28). The van der Waals surface area contributed by atoms with Gasteiger partial charge in [0, 0.05) is 18.2 Å². The first-order valence-electron chi connectivity index (χ1n) is 10.4. The van der Waals surface area contributed by atoms with E-state index in [4.69, 9.17) is 0 Å². The first kappa shape index (κ1) is 21.6. The van der Waals surface area contributed by atoms with E-state index in [1.54, 1.807) is 0 Å². The highest BCUT2D eigenvalue weighted by Gasteiger charge is 2.24. The molecule has 0 aliphatic heterocycles. The highest BCUT2D eigenvalue weighted by molar-refractivity contribution is 8.00. The molecule has 1 atom stereocenters. The molecule has 1 saturated carbocycles. The number of hydrogen-bond donors (Lipinski definition) is 1. The molecule has 1 aliphatic carbocycles. The molecule has 1 aromatic carbocycles. The first-order chi connectivity index (χ1) is 13.8. The summed E-state index contributed by atoms with van der Waals surface area (Å²) < 4.78 is 2.03. The monoisotopic (exact) mass is 412 g/mol. The summed E-state index contributed by atoms with van der Waals surface area (Å²) in [5.74, 6) is 0.877. The van der Waals surface area contributed by atoms with Crippen LogP contribution in [-0.4, -0.2) is 32.0 Å². The molecule has 1 unspecified atom stereocenters. The molecule has 0 bridgehead atoms. The van der Waals surface area contributed by atoms with Gasteiger partial charge in [-0.25, -0.2) is 0 Å². The van der Waals surface area contributed by atoms with Gasteiger partial charge in [0.15, 0.2) is 11.0 Å². The Balaban J connectivity index is 1.77. The van der Waals surface area contributed by atoms with Crippen LogP contribution in [0.3, 0.4) is 0 Å². The summed E-state index contributed by atoms with van der Waals surface area (Å²) in [6.07, 6.45) is 6.42. The van der Waals surface area contributed by atoms with Crippen LogP contribution in [0.2, 0.25) is 0 Å². The Bertz CT molecular complexity index is 845. The molecule has 5 nitrogen and oxygen atoms in total. The fourth-order valence-corrected chi connectivity index (χ4v) is 4.47. The Hall–Kier alpha value is -2.08. The van der Waals surface area contributed by atoms with Gasteiger partial charge in [0.05, 0.1) is 5.25 Å². The van der Waals surface area contributed by atoms with Crippen molar-refractivity contribution in [2.75, 3.05) is 0 Å². The van der Waals surface area contributed by atoms with Crippen LogP contribution in [0.5, 0.6) is 0 Å². The van der Waals surface area contributed by atoms with Crippen molar-refractivity contribution in [1.82, 2.24) is 20.1 Å². The van der Waals surface area contributed by atoms with E-state index in [1.807, 2.05) is 17.6 Å². The number of thioether (sulfide) groups is 1. The third kappa shape index (κ3) is 5.30. The number of rotatable bonds is 7. The zero-order chi connectivity index (χ0) is 21.0. The first-order valence-corrected chi connectivity index (χ1v) is 11.3. The summed E-state index contributed by atoms with van der Waals surface area (Å²) in [4.78, 5) is 12.6. The topological polar surface area (TPSA) is 59.8 Å². The van der Waals surface area contributed by atoms with Crippen molar-refractivity contribution in [2.24, 2.45) is 0 Å². The summed E-state index contributed by atoms with van der Waals surface area (Å²) in [6, 6.07) is 8.80. The van der Waals surface area contributed by atoms with Gasteiger partial charge in [-0.1, -0.05) is 75.7 Å². The number of hydrogen-bond acceptors (Lipinski definition) is 4. The SMILES string of the molecule is C=CCn1c(SC(C)C(=O)NC2CCCC2)nnc1-c1ccc(C(C)(C)C)cc1. The van der Waals surface area contributed by atoms with Gasteiger partial charge in [0.25, 0.3) is 0 Å². The lowest BCUT2D eigenvalue weighted by molar-refractivity contribution is -0.120. The molecule has 3 rings (SSSR count). The molecule has 1 fully saturated rings. The number of nitrogens with zero attached hydrogens (tertiary/aromatic N) is 3. The number of amides is 1. The second kappa shape index (κ2) is 9.16. The molecule has 1 heterocycles. The Morgan fingerprint density at radius 1 is 1.28 bits per heavy atom. The zero-order valence-electron chi connectivity index (χ0n) is 17.9. The molecule has 2 aromatic rings. The minimum Gasteiger partial charge on any atom is -0.352 e. The number of aromatic nitrogens is 3. The van der Waals surface area contributed by atoms with Crippen molar-refractivity contribution in [3.63, 3.8) is 0 Å². The molecule has 0 radical (unpaired) electrons. The highest BCUT2D eigenvalue weighted by Crippen LogP contribution is 2.29. The van der Waals surface area contributed by atoms with Crippen LogP contribution in [-0.2, 0) is 16.8 Å². The highest BCUT2D eigenvalue weighted by atomic mass is 32.2. The number of carbonyl (C=O) groups is 1. The second-order valence-corrected chi connectivity index (χ2v) is 10.1. The van der Waals surface area contributed by atoms with E-state index in [9.17, 15) is 4.79 Å². The lowest BCUT2D eigenvalue weighted by Crippen LogP contribution is -2.37. The molecule has 6 heteroatoms. The van der Waals surface area contributed by atoms with Gasteiger partial charge >= 0.3 is 0 Å². The van der Waals surface area contributed by atoms with E-state index < -0.39 is 0 Å². The van der Waals surface area contributed by atoms with Gasteiger partial charge in [-0.05, 0) is 30.7 Å². The van der Waals surface area contributed by atoms with E-state index in [-0.39, 0.29) is 16.6 Å². The number of carbonyl (C=O) groups excluding carboxylic acids is 1. The van der Waals surface area contributed by atoms with Gasteiger partial charge in [-0.15, -0.1) is 16.8 Å². The van der Waals surface area contributed by atoms with Gasteiger partial charge in [-0.2, -0.15) is 0 Å². The van der Waals surface area contributed by atoms with Crippen LogP contribution >= 0.6 is 11.8 Å². The molecule has 29 heavy (non-hydrogen) atoms. The Morgan fingerprint density at radius 3 is 2.52 bits per heavy atom. The molecule has 1 aromatic heterocycles. The summed E-state index contributed by atoms with van der Waals surface area (Å²) in [6.45, 7) is 13.0. The third-order valence-electron chi connectivity index (χ3n) is 5.39. The van der Waals surface area contributed by atoms with Crippen molar-refractivity contribution in [3.05, 3.63) is 42.5 Å². The summed E-state index contributed by atoms with van der Waals surface area (Å²) in [5.41, 5.74) is 2.40. The van der Waals surface area contributed by atoms with Crippen molar-refractivity contribution in [2.45, 2.75) is 81.8 Å². The predicted molar refractivity (Wildman–Crippen MR) is 120 cm³/mol. The van der Waals surface area contributed by atoms with E-state index in [2.05, 4.69) is 67.1 Å². The van der Waals surface area contributed by atoms with Crippen LogP contribution < -0.4 is 5.32 Å². The predicted octanol–water partition coefficient (Wildman–Crippen LogP) is 4.97. The minimum absolute atomic E-state index is 0.0751. The van der Waals surface area contributed by atoms with Crippen LogP contribution in [0.4, 0.5) is 0 Å². The maximum Gasteiger partial charge on any atom is 0.233 e. The van der Waals surface area contributed by atoms with E-state index in [0.717, 1.165) is 29.4 Å². The van der Waals surface area contributed by atoms with Gasteiger partial charge in [0.2, 0.25) is 5.91 Å². The Labute approximate surface area is 178 Å². The van der Waals surface area contributed by atoms with Gasteiger partial charge in [0.1, 0.15) is 0 Å². The number of benzene rings is 1. The Kier molecular flexibility index (Phi) is 6.83. The molecular weight excluding hydrogens is 380 g/mol. The third-order valence-corrected chi connectivity index (χ3v) is 6.47. The average Bonchev–Trinajstić information content (AvgIpc) is 3.32. The molecule has 0 spiro atoms. The summed E-state index contributed by atoms with van der Waals surface area (Å²) in [5, 5.41) is 12.5. The zero-order valence-corrected chi connectivity index (χ0v) is 18.8. The van der Waals surface area contributed by atoms with Gasteiger partial charge < -0.3 is 5.32 Å². The van der Waals surface area contributed by atoms with Crippen molar-refractivity contribution < 1.29 is 4.79 Å². The van der Waals surface area contributed by atoms with Crippen molar-refractivity contribution in [1.29, 1.82) is 0 Å². The Morgan fingerprint density at radius 2 is 1.93 bits per heavy atom. The smallest absolute Gasteiger partial charge is 0.233 e. The molecule has 0 saturated heterocycles. The molecule has 1 aliphatic rings. The molecule has 1 amide bonds. The second-order valence-electron chi connectivity index (χ2n) is 8.78. The van der Waals surface area contributed by atoms with E-state index in [1.165, 1.54) is 30.2 Å². The van der Waals surface area contributed by atoms with Crippen LogP contribution in [0.15, 0.2) is 42.1 Å². The fourth-order valence-electron chi connectivity index (χ4n) is 3.60. The fraction of sp³-hybridized carbons (Fsp3) is 0.522. The maximum atomic E-state index is 12.6. The maximum absolute atomic E-state index is 12.6. The van der Waals surface area contributed by atoms with Gasteiger partial charge in [-0.3, -0.25) is 9.36 Å². The van der Waals surface area contributed by atoms with E-state index in [0.29, 0.717) is 12.6 Å². The minimum atomic E-state index is -0.223. The number of allylic oxidation sites excluding steroid dienone is 1. The lowest BCUT2D eigenvalue weighted by Gasteiger charge is -2.19. The van der Waals surface area contributed by atoms with Crippen molar-refractivity contribution >= 4 is 17.7 Å². The summed E-state index contributed by atoms with van der Waals surface area (Å²) in [7, 11) is 0. The van der Waals surface area contributed by atoms with Crippen LogP contribution in [0.1, 0.15) is 58.9 Å². The number of nitrogens with one attached hydrogen (secondary N) is 1. The average molecular weight is 413 g/mol. The summed E-state index contributed by atoms with van der Waals surface area (Å²) >= 11 is 1.45. The van der Waals surface area contributed by atoms with Crippen molar-refractivity contribution in [3.8, 4) is 11.4 Å². The molecule has 156 valence electrons. The van der Waals surface area contributed by atoms with E-state index >= 15 is 0 Å². The quantitative estimate of drug-likeness (QED) is 0.515. The van der Waals surface area contributed by atoms with Crippen LogP contribution in [0.25, 0.3) is 11.4 Å². The normalized spacial score (nSPS) is 16.0. The lowest BCUT2D eigenvalue weighted by atomic mass is 9.87.